The van der Waals surface area contributed by atoms with E-state index in [-0.39, 0.29) is 5.75 Å². The van der Waals surface area contributed by atoms with Gasteiger partial charge in [0.15, 0.2) is 0 Å². The Morgan fingerprint density at radius 2 is 1.27 bits per heavy atom. The lowest BCUT2D eigenvalue weighted by Gasteiger charge is -2.34. The molecule has 0 aromatic rings. The fourth-order valence-corrected chi connectivity index (χ4v) is 2.61. The summed E-state index contributed by atoms with van der Waals surface area (Å²) in [6.45, 7) is 12.7. The van der Waals surface area contributed by atoms with Crippen LogP contribution in [-0.2, 0) is 10.1 Å². The Hall–Kier alpha value is -0.390. The molecule has 0 aliphatic heterocycles. The first-order chi connectivity index (χ1) is 10.2. The standard InChI is InChI=1S/C13H30N.C4H8O3S/c1-5-8-11-14(4,12-9-6-2)13-10-7-3;1-2-3-4-8(5,6)7/h5-13H2,1-4H3;2-3H,4H2,1H3,(H,5,6,7)/q+1;. The van der Waals surface area contributed by atoms with Gasteiger partial charge >= 0.3 is 0 Å². The van der Waals surface area contributed by atoms with Crippen molar-refractivity contribution in [1.82, 2.24) is 0 Å². The molecule has 1 N–H and O–H groups in total. The van der Waals surface area contributed by atoms with Crippen LogP contribution in [0.5, 0.6) is 0 Å². The molecule has 4 nitrogen and oxygen atoms in total. The third kappa shape index (κ3) is 17.7. The van der Waals surface area contributed by atoms with Crippen LogP contribution in [0.2, 0.25) is 0 Å². The quantitative estimate of drug-likeness (QED) is 0.348. The number of allylic oxidation sites excluding steroid dienone is 1. The zero-order valence-electron chi connectivity index (χ0n) is 15.3. The minimum absolute atomic E-state index is 0.288. The van der Waals surface area contributed by atoms with Crippen LogP contribution in [0.1, 0.15) is 66.2 Å². The molecule has 0 unspecified atom stereocenters. The number of unbranched alkanes of at least 4 members (excludes halogenated alkanes) is 3. The largest absolute Gasteiger partial charge is 0.326 e. The molecule has 0 rings (SSSR count). The molecule has 22 heavy (non-hydrogen) atoms. The van der Waals surface area contributed by atoms with Crippen LogP contribution in [0, 0.1) is 0 Å². The second-order valence-electron chi connectivity index (χ2n) is 6.17. The molecule has 0 radical (unpaired) electrons. The van der Waals surface area contributed by atoms with Crippen molar-refractivity contribution in [3.05, 3.63) is 12.2 Å². The Balaban J connectivity index is 0. The molecule has 0 saturated carbocycles. The van der Waals surface area contributed by atoms with Crippen LogP contribution in [0.25, 0.3) is 0 Å². The van der Waals surface area contributed by atoms with Gasteiger partial charge in [-0.15, -0.1) is 0 Å². The SMILES string of the molecule is CC=CCS(=O)(=O)O.CCCC[N+](C)(CCCC)CCCC. The van der Waals surface area contributed by atoms with E-state index in [1.807, 2.05) is 0 Å². The molecule has 0 amide bonds. The van der Waals surface area contributed by atoms with Crippen molar-refractivity contribution in [1.29, 1.82) is 0 Å². The average Bonchev–Trinajstić information content (AvgIpc) is 2.47. The zero-order chi connectivity index (χ0) is 17.5. The minimum atomic E-state index is -3.77. The van der Waals surface area contributed by atoms with E-state index < -0.39 is 10.1 Å². The highest BCUT2D eigenvalue weighted by Gasteiger charge is 2.18. The smallest absolute Gasteiger partial charge is 0.268 e. The summed E-state index contributed by atoms with van der Waals surface area (Å²) in [4.78, 5) is 0. The second-order valence-corrected chi connectivity index (χ2v) is 7.67. The predicted molar refractivity (Wildman–Crippen MR) is 96.7 cm³/mol. The number of hydrogen-bond donors (Lipinski definition) is 1. The maximum absolute atomic E-state index is 9.89. The first kappa shape index (κ1) is 23.9. The molecule has 0 aromatic heterocycles. The summed E-state index contributed by atoms with van der Waals surface area (Å²) in [5, 5.41) is 0. The first-order valence-corrected chi connectivity index (χ1v) is 10.2. The normalized spacial score (nSPS) is 12.3. The van der Waals surface area contributed by atoms with Gasteiger partial charge in [0, 0.05) is 0 Å². The van der Waals surface area contributed by atoms with E-state index in [0.717, 1.165) is 0 Å². The summed E-state index contributed by atoms with van der Waals surface area (Å²) in [5.41, 5.74) is 0. The maximum atomic E-state index is 9.89. The molecule has 0 aliphatic rings. The summed E-state index contributed by atoms with van der Waals surface area (Å²) in [7, 11) is -1.33. The molecule has 134 valence electrons. The number of hydrogen-bond acceptors (Lipinski definition) is 2. The van der Waals surface area contributed by atoms with E-state index in [1.54, 1.807) is 13.0 Å². The van der Waals surface area contributed by atoms with E-state index in [4.69, 9.17) is 4.55 Å². The van der Waals surface area contributed by atoms with Gasteiger partial charge in [0.25, 0.3) is 10.1 Å². The Labute approximate surface area is 138 Å². The van der Waals surface area contributed by atoms with E-state index >= 15 is 0 Å². The van der Waals surface area contributed by atoms with Crippen LogP contribution >= 0.6 is 0 Å². The van der Waals surface area contributed by atoms with Gasteiger partial charge in [-0.2, -0.15) is 8.42 Å². The third-order valence-corrected chi connectivity index (χ3v) is 4.31. The van der Waals surface area contributed by atoms with Crippen molar-refractivity contribution in [2.75, 3.05) is 32.4 Å². The molecule has 0 aliphatic carbocycles. The molecule has 5 heteroatoms. The lowest BCUT2D eigenvalue weighted by atomic mass is 10.2. The molecule has 0 saturated heterocycles. The topological polar surface area (TPSA) is 54.4 Å². The Morgan fingerprint density at radius 3 is 1.45 bits per heavy atom. The van der Waals surface area contributed by atoms with Crippen molar-refractivity contribution in [3.63, 3.8) is 0 Å². The Morgan fingerprint density at radius 1 is 0.909 bits per heavy atom. The van der Waals surface area contributed by atoms with E-state index in [1.165, 1.54) is 68.7 Å². The van der Waals surface area contributed by atoms with Crippen LogP contribution in [0.4, 0.5) is 0 Å². The predicted octanol–water partition coefficient (Wildman–Crippen LogP) is 4.28. The molecule has 0 fully saturated rings. The fraction of sp³-hybridized carbons (Fsp3) is 0.882. The van der Waals surface area contributed by atoms with Gasteiger partial charge in [0.2, 0.25) is 0 Å². The summed E-state index contributed by atoms with van der Waals surface area (Å²) < 4.78 is 29.2. The second kappa shape index (κ2) is 14.2. The molecule has 0 heterocycles. The summed E-state index contributed by atoms with van der Waals surface area (Å²) in [5.74, 6) is -0.288. The van der Waals surface area contributed by atoms with Gasteiger partial charge in [0.1, 0.15) is 0 Å². The molecule has 0 bridgehead atoms. The number of rotatable bonds is 11. The van der Waals surface area contributed by atoms with Gasteiger partial charge in [0.05, 0.1) is 32.4 Å². The van der Waals surface area contributed by atoms with Crippen molar-refractivity contribution >= 4 is 10.1 Å². The monoisotopic (exact) mass is 336 g/mol. The van der Waals surface area contributed by atoms with E-state index in [2.05, 4.69) is 27.8 Å². The van der Waals surface area contributed by atoms with Crippen LogP contribution in [-0.4, -0.2) is 49.9 Å². The third-order valence-electron chi connectivity index (χ3n) is 3.70. The van der Waals surface area contributed by atoms with Crippen LogP contribution in [0.3, 0.4) is 0 Å². The summed E-state index contributed by atoms with van der Waals surface area (Å²) in [6, 6.07) is 0. The number of quaternary nitrogens is 1. The fourth-order valence-electron chi connectivity index (χ4n) is 2.17. The molecular formula is C17H38NO3S+. The first-order valence-electron chi connectivity index (χ1n) is 8.64. The molecule has 0 aromatic carbocycles. The van der Waals surface area contributed by atoms with Crippen molar-refractivity contribution in [2.24, 2.45) is 0 Å². The maximum Gasteiger partial charge on any atom is 0.268 e. The summed E-state index contributed by atoms with van der Waals surface area (Å²) in [6.07, 6.45) is 11.1. The molecule has 0 spiro atoms. The zero-order valence-corrected chi connectivity index (χ0v) is 16.2. The minimum Gasteiger partial charge on any atom is -0.326 e. The van der Waals surface area contributed by atoms with Gasteiger partial charge in [-0.3, -0.25) is 4.55 Å². The van der Waals surface area contributed by atoms with Crippen molar-refractivity contribution in [3.8, 4) is 0 Å². The van der Waals surface area contributed by atoms with Gasteiger partial charge in [-0.05, 0) is 26.2 Å². The highest BCUT2D eigenvalue weighted by molar-refractivity contribution is 7.85. The lowest BCUT2D eigenvalue weighted by Crippen LogP contribution is -2.46. The Bertz CT molecular complexity index is 342. The Kier molecular flexibility index (Phi) is 15.4. The van der Waals surface area contributed by atoms with Gasteiger partial charge in [-0.1, -0.05) is 52.2 Å². The lowest BCUT2D eigenvalue weighted by molar-refractivity contribution is -0.910. The van der Waals surface area contributed by atoms with Gasteiger partial charge < -0.3 is 4.48 Å². The van der Waals surface area contributed by atoms with Crippen molar-refractivity contribution < 1.29 is 17.5 Å². The van der Waals surface area contributed by atoms with Crippen LogP contribution in [0.15, 0.2) is 12.2 Å². The van der Waals surface area contributed by atoms with Crippen LogP contribution < -0.4 is 0 Å². The molecular weight excluding hydrogens is 298 g/mol. The molecule has 0 atom stereocenters. The number of nitrogens with zero attached hydrogens (tertiary/aromatic N) is 1. The van der Waals surface area contributed by atoms with E-state index in [0.29, 0.717) is 0 Å². The van der Waals surface area contributed by atoms with Crippen molar-refractivity contribution in [2.45, 2.75) is 66.2 Å². The highest BCUT2D eigenvalue weighted by Crippen LogP contribution is 2.10. The van der Waals surface area contributed by atoms with Gasteiger partial charge in [-0.25, -0.2) is 0 Å². The average molecular weight is 337 g/mol. The summed E-state index contributed by atoms with van der Waals surface area (Å²) >= 11 is 0. The van der Waals surface area contributed by atoms with E-state index in [9.17, 15) is 8.42 Å². The highest BCUT2D eigenvalue weighted by atomic mass is 32.2.